The summed E-state index contributed by atoms with van der Waals surface area (Å²) in [5.74, 6) is 0.101. The monoisotopic (exact) mass is 332 g/mol. The van der Waals surface area contributed by atoms with Gasteiger partial charge >= 0.3 is 0 Å². The number of rotatable bonds is 2. The lowest BCUT2D eigenvalue weighted by Crippen LogP contribution is -2.10. The predicted molar refractivity (Wildman–Crippen MR) is 93.6 cm³/mol. The zero-order chi connectivity index (χ0) is 15.0. The molecule has 1 aromatic carbocycles. The maximum atomic E-state index is 12.1. The zero-order valence-corrected chi connectivity index (χ0v) is 14.6. The molecule has 0 fully saturated rings. The third kappa shape index (κ3) is 3.28. The highest BCUT2D eigenvalue weighted by atomic mass is 32.2. The molecule has 2 aromatic rings. The first-order valence-corrected chi connectivity index (χ1v) is 9.24. The second kappa shape index (κ2) is 5.67. The van der Waals surface area contributed by atoms with Crippen LogP contribution in [0.2, 0.25) is 0 Å². The number of carbonyl (C=O) groups is 1. The number of benzene rings is 1. The quantitative estimate of drug-likeness (QED) is 0.498. The molecule has 0 radical (unpaired) electrons. The summed E-state index contributed by atoms with van der Waals surface area (Å²) in [5.41, 5.74) is 1.49. The fourth-order valence-electron chi connectivity index (χ4n) is 2.03. The van der Waals surface area contributed by atoms with Crippen LogP contribution in [-0.4, -0.2) is 5.78 Å². The van der Waals surface area contributed by atoms with E-state index >= 15 is 0 Å². The molecule has 0 N–H and O–H groups in total. The summed E-state index contributed by atoms with van der Waals surface area (Å²) in [6.07, 6.45) is 1.76. The second-order valence-electron chi connectivity index (χ2n) is 5.92. The minimum Gasteiger partial charge on any atom is -0.288 e. The van der Waals surface area contributed by atoms with Gasteiger partial charge in [0.15, 0.2) is 5.78 Å². The molecule has 0 saturated heterocycles. The summed E-state index contributed by atoms with van der Waals surface area (Å²) >= 11 is 4.88. The Morgan fingerprint density at radius 3 is 2.52 bits per heavy atom. The number of hydrogen-bond acceptors (Lipinski definition) is 4. The van der Waals surface area contributed by atoms with Crippen molar-refractivity contribution in [3.05, 3.63) is 56.5 Å². The van der Waals surface area contributed by atoms with E-state index in [1.165, 1.54) is 26.7 Å². The van der Waals surface area contributed by atoms with E-state index in [0.29, 0.717) is 0 Å². The first kappa shape index (κ1) is 14.9. The first-order chi connectivity index (χ1) is 9.93. The van der Waals surface area contributed by atoms with Gasteiger partial charge < -0.3 is 0 Å². The number of ketones is 1. The molecule has 1 aliphatic heterocycles. The smallest absolute Gasteiger partial charge is 0.197 e. The van der Waals surface area contributed by atoms with Crippen molar-refractivity contribution in [2.24, 2.45) is 0 Å². The Kier molecular flexibility index (Phi) is 4.04. The molecule has 0 atom stereocenters. The van der Waals surface area contributed by atoms with Gasteiger partial charge in [0.25, 0.3) is 0 Å². The van der Waals surface area contributed by atoms with E-state index in [2.05, 4.69) is 39.0 Å². The molecule has 0 amide bonds. The van der Waals surface area contributed by atoms with Gasteiger partial charge in [0.05, 0.1) is 9.11 Å². The first-order valence-electron chi connectivity index (χ1n) is 6.73. The Morgan fingerprint density at radius 2 is 1.86 bits per heavy atom. The van der Waals surface area contributed by atoms with Gasteiger partial charge in [-0.25, -0.2) is 0 Å². The Bertz CT molecular complexity index is 706. The van der Waals surface area contributed by atoms with Gasteiger partial charge in [-0.1, -0.05) is 56.4 Å². The highest BCUT2D eigenvalue weighted by Crippen LogP contribution is 2.51. The van der Waals surface area contributed by atoms with Gasteiger partial charge in [-0.15, -0.1) is 11.3 Å². The molecule has 1 nitrogen and oxygen atoms in total. The molecule has 0 spiro atoms. The van der Waals surface area contributed by atoms with E-state index < -0.39 is 0 Å². The lowest BCUT2D eigenvalue weighted by molar-refractivity contribution is 0.105. The molecular weight excluding hydrogens is 316 g/mol. The van der Waals surface area contributed by atoms with Crippen LogP contribution in [0.15, 0.2) is 55.8 Å². The topological polar surface area (TPSA) is 17.1 Å². The minimum absolute atomic E-state index is 0.101. The van der Waals surface area contributed by atoms with Crippen LogP contribution in [0, 0.1) is 0 Å². The minimum atomic E-state index is 0.101. The number of hydrogen-bond donors (Lipinski definition) is 0. The average Bonchev–Trinajstić information content (AvgIpc) is 3.05. The summed E-state index contributed by atoms with van der Waals surface area (Å²) in [7, 11) is 0. The predicted octanol–water partition coefficient (Wildman–Crippen LogP) is 5.97. The Balaban J connectivity index is 1.83. The van der Waals surface area contributed by atoms with Crippen molar-refractivity contribution in [3.8, 4) is 0 Å². The summed E-state index contributed by atoms with van der Waals surface area (Å²) < 4.78 is 1.06. The van der Waals surface area contributed by atoms with Crippen LogP contribution >= 0.6 is 34.9 Å². The van der Waals surface area contributed by atoms with E-state index in [9.17, 15) is 4.79 Å². The van der Waals surface area contributed by atoms with Gasteiger partial charge in [0.2, 0.25) is 0 Å². The standard InChI is InChI=1S/C17H16OS3/c1-17(2,3)11-6-7-14-15(9-11)21-16(20-14)10-12(18)13-5-4-8-19-13/h4-10H,1-3H3. The van der Waals surface area contributed by atoms with Gasteiger partial charge in [-0.3, -0.25) is 4.79 Å². The summed E-state index contributed by atoms with van der Waals surface area (Å²) in [4.78, 5) is 15.5. The highest BCUT2D eigenvalue weighted by Gasteiger charge is 2.22. The van der Waals surface area contributed by atoms with Crippen LogP contribution in [0.5, 0.6) is 0 Å². The Labute approximate surface area is 137 Å². The molecule has 1 aromatic heterocycles. The van der Waals surface area contributed by atoms with Crippen LogP contribution in [0.4, 0.5) is 0 Å². The van der Waals surface area contributed by atoms with E-state index in [4.69, 9.17) is 0 Å². The van der Waals surface area contributed by atoms with Gasteiger partial charge in [-0.2, -0.15) is 0 Å². The molecule has 3 rings (SSSR count). The molecular formula is C17H16OS3. The summed E-state index contributed by atoms with van der Waals surface area (Å²) in [6.45, 7) is 6.66. The fraction of sp³-hybridized carbons (Fsp3) is 0.235. The SMILES string of the molecule is CC(C)(C)c1ccc2c(c1)SC(=CC(=O)c1cccs1)S2. The van der Waals surface area contributed by atoms with E-state index in [-0.39, 0.29) is 11.2 Å². The molecule has 0 aliphatic carbocycles. The Hall–Kier alpha value is -0.970. The third-order valence-electron chi connectivity index (χ3n) is 3.24. The van der Waals surface area contributed by atoms with Crippen molar-refractivity contribution in [2.75, 3.05) is 0 Å². The average molecular weight is 333 g/mol. The fourth-order valence-corrected chi connectivity index (χ4v) is 5.04. The van der Waals surface area contributed by atoms with E-state index in [1.807, 2.05) is 17.5 Å². The molecule has 0 bridgehead atoms. The van der Waals surface area contributed by atoms with Crippen LogP contribution in [0.25, 0.3) is 0 Å². The maximum Gasteiger partial charge on any atom is 0.197 e. The molecule has 4 heteroatoms. The van der Waals surface area contributed by atoms with Crippen LogP contribution in [0.3, 0.4) is 0 Å². The van der Waals surface area contributed by atoms with Crippen molar-refractivity contribution < 1.29 is 4.79 Å². The molecule has 2 heterocycles. The number of thiophene rings is 1. The van der Waals surface area contributed by atoms with E-state index in [1.54, 1.807) is 29.6 Å². The molecule has 0 unspecified atom stereocenters. The van der Waals surface area contributed by atoms with Gasteiger partial charge in [0, 0.05) is 15.9 Å². The van der Waals surface area contributed by atoms with Crippen molar-refractivity contribution in [1.82, 2.24) is 0 Å². The van der Waals surface area contributed by atoms with E-state index in [0.717, 1.165) is 9.11 Å². The second-order valence-corrected chi connectivity index (χ2v) is 9.29. The Morgan fingerprint density at radius 1 is 1.10 bits per heavy atom. The third-order valence-corrected chi connectivity index (χ3v) is 6.53. The largest absolute Gasteiger partial charge is 0.288 e. The lowest BCUT2D eigenvalue weighted by Gasteiger charge is -2.19. The number of allylic oxidation sites excluding steroid dienone is 1. The van der Waals surface area contributed by atoms with Crippen molar-refractivity contribution in [2.45, 2.75) is 36.0 Å². The van der Waals surface area contributed by atoms with Crippen LogP contribution in [0.1, 0.15) is 36.0 Å². The molecule has 108 valence electrons. The maximum absolute atomic E-state index is 12.1. The van der Waals surface area contributed by atoms with Crippen LogP contribution < -0.4 is 0 Å². The number of fused-ring (bicyclic) bond motifs is 1. The van der Waals surface area contributed by atoms with Gasteiger partial charge in [0.1, 0.15) is 0 Å². The van der Waals surface area contributed by atoms with Crippen molar-refractivity contribution in [1.29, 1.82) is 0 Å². The normalized spacial score (nSPS) is 16.2. The van der Waals surface area contributed by atoms with Gasteiger partial charge in [-0.05, 0) is 34.6 Å². The molecule has 1 aliphatic rings. The number of carbonyl (C=O) groups excluding carboxylic acids is 1. The molecule has 21 heavy (non-hydrogen) atoms. The summed E-state index contributed by atoms with van der Waals surface area (Å²) in [5, 5.41) is 1.94. The summed E-state index contributed by atoms with van der Waals surface area (Å²) in [6, 6.07) is 10.4. The van der Waals surface area contributed by atoms with Crippen LogP contribution in [-0.2, 0) is 5.41 Å². The van der Waals surface area contributed by atoms with Crippen molar-refractivity contribution >= 4 is 40.6 Å². The highest BCUT2D eigenvalue weighted by molar-refractivity contribution is 8.24. The number of thioether (sulfide) groups is 2. The lowest BCUT2D eigenvalue weighted by atomic mass is 9.87. The zero-order valence-electron chi connectivity index (χ0n) is 12.2. The molecule has 0 saturated carbocycles. The van der Waals surface area contributed by atoms with Crippen molar-refractivity contribution in [3.63, 3.8) is 0 Å².